The van der Waals surface area contributed by atoms with E-state index < -0.39 is 5.54 Å². The van der Waals surface area contributed by atoms with Crippen molar-refractivity contribution in [1.29, 1.82) is 0 Å². The van der Waals surface area contributed by atoms with Crippen LogP contribution in [-0.4, -0.2) is 10.1 Å². The van der Waals surface area contributed by atoms with Gasteiger partial charge in [-0.2, -0.15) is 4.98 Å². The number of fused-ring (bicyclic) bond motifs is 3. The van der Waals surface area contributed by atoms with Crippen LogP contribution in [0.1, 0.15) is 30.7 Å². The van der Waals surface area contributed by atoms with E-state index in [9.17, 15) is 0 Å². The smallest absolute Gasteiger partial charge is 0.268 e. The molecule has 1 aromatic carbocycles. The summed E-state index contributed by atoms with van der Waals surface area (Å²) in [5, 5.41) is 4.10. The highest BCUT2D eigenvalue weighted by Gasteiger charge is 2.39. The summed E-state index contributed by atoms with van der Waals surface area (Å²) in [6, 6.07) is 10.2. The number of hydrogen-bond acceptors (Lipinski definition) is 6. The number of benzene rings is 1. The number of para-hydroxylation sites is 1. The van der Waals surface area contributed by atoms with Gasteiger partial charge in [-0.15, -0.1) is 11.3 Å². The zero-order valence-corrected chi connectivity index (χ0v) is 13.2. The van der Waals surface area contributed by atoms with E-state index >= 15 is 0 Å². The number of thiophene rings is 1. The Balaban J connectivity index is 1.55. The molecular weight excluding hydrogens is 310 g/mol. The molecule has 3 aromatic rings. The maximum absolute atomic E-state index is 6.27. The lowest BCUT2D eigenvalue weighted by molar-refractivity contribution is 0.229. The predicted molar refractivity (Wildman–Crippen MR) is 87.1 cm³/mol. The molecule has 2 aromatic heterocycles. The number of nitrogens with zero attached hydrogens (tertiary/aromatic N) is 2. The van der Waals surface area contributed by atoms with Gasteiger partial charge >= 0.3 is 0 Å². The minimum atomic E-state index is -0.395. The molecule has 23 heavy (non-hydrogen) atoms. The van der Waals surface area contributed by atoms with Crippen LogP contribution in [0, 0.1) is 0 Å². The lowest BCUT2D eigenvalue weighted by Crippen LogP contribution is -2.44. The molecule has 1 aliphatic heterocycles. The van der Waals surface area contributed by atoms with E-state index in [-0.39, 0.29) is 0 Å². The molecule has 2 N–H and O–H groups in total. The van der Waals surface area contributed by atoms with E-state index in [2.05, 4.69) is 22.3 Å². The second kappa shape index (κ2) is 4.66. The summed E-state index contributed by atoms with van der Waals surface area (Å²) in [6.45, 7) is 0.574. The largest absolute Gasteiger partial charge is 0.488 e. The van der Waals surface area contributed by atoms with E-state index in [1.807, 2.05) is 18.2 Å². The molecule has 116 valence electrons. The summed E-state index contributed by atoms with van der Waals surface area (Å²) in [4.78, 5) is 6.73. The molecule has 1 aliphatic carbocycles. The van der Waals surface area contributed by atoms with Crippen LogP contribution in [0.15, 0.2) is 34.9 Å². The molecule has 5 rings (SSSR count). The molecule has 1 fully saturated rings. The fourth-order valence-electron chi connectivity index (χ4n) is 3.11. The van der Waals surface area contributed by atoms with Crippen molar-refractivity contribution >= 4 is 11.3 Å². The summed E-state index contributed by atoms with van der Waals surface area (Å²) >= 11 is 1.66. The van der Waals surface area contributed by atoms with Crippen LogP contribution in [-0.2, 0) is 12.1 Å². The number of nitrogens with two attached hydrogens (primary N) is 1. The van der Waals surface area contributed by atoms with E-state index in [4.69, 9.17) is 15.0 Å². The summed E-state index contributed by atoms with van der Waals surface area (Å²) in [6.07, 6.45) is 2.98. The second-order valence-electron chi connectivity index (χ2n) is 6.18. The first-order valence-electron chi connectivity index (χ1n) is 7.71. The van der Waals surface area contributed by atoms with Gasteiger partial charge in [0.2, 0.25) is 0 Å². The molecule has 0 spiro atoms. The van der Waals surface area contributed by atoms with Crippen LogP contribution < -0.4 is 10.5 Å². The zero-order chi connectivity index (χ0) is 15.4. The fourth-order valence-corrected chi connectivity index (χ4v) is 4.23. The van der Waals surface area contributed by atoms with Gasteiger partial charge in [0.25, 0.3) is 5.89 Å². The Morgan fingerprint density at radius 2 is 2.09 bits per heavy atom. The molecule has 0 amide bonds. The lowest BCUT2D eigenvalue weighted by Gasteiger charge is -2.34. The van der Waals surface area contributed by atoms with Crippen molar-refractivity contribution in [3.05, 3.63) is 41.7 Å². The van der Waals surface area contributed by atoms with Gasteiger partial charge in [0, 0.05) is 16.0 Å². The van der Waals surface area contributed by atoms with Crippen molar-refractivity contribution in [2.45, 2.75) is 31.4 Å². The quantitative estimate of drug-likeness (QED) is 0.777. The van der Waals surface area contributed by atoms with E-state index in [0.717, 1.165) is 41.0 Å². The van der Waals surface area contributed by atoms with Crippen LogP contribution in [0.3, 0.4) is 0 Å². The Bertz CT molecular complexity index is 895. The minimum Gasteiger partial charge on any atom is -0.488 e. The van der Waals surface area contributed by atoms with Crippen LogP contribution >= 0.6 is 11.3 Å². The predicted octanol–water partition coefficient (Wildman–Crippen LogP) is 3.70. The van der Waals surface area contributed by atoms with Gasteiger partial charge in [-0.1, -0.05) is 17.3 Å². The van der Waals surface area contributed by atoms with E-state index in [1.54, 1.807) is 11.3 Å². The summed E-state index contributed by atoms with van der Waals surface area (Å²) < 4.78 is 11.3. The Morgan fingerprint density at radius 1 is 1.22 bits per heavy atom. The summed E-state index contributed by atoms with van der Waals surface area (Å²) in [5.74, 6) is 2.10. The highest BCUT2D eigenvalue weighted by Crippen LogP contribution is 2.45. The van der Waals surface area contributed by atoms with Crippen LogP contribution in [0.4, 0.5) is 0 Å². The monoisotopic (exact) mass is 325 g/mol. The molecular formula is C17H15N3O2S. The lowest BCUT2D eigenvalue weighted by atomic mass is 9.77. The minimum absolute atomic E-state index is 0.395. The molecule has 3 heterocycles. The molecule has 0 radical (unpaired) electrons. The molecule has 2 aliphatic rings. The summed E-state index contributed by atoms with van der Waals surface area (Å²) in [7, 11) is 0. The maximum Gasteiger partial charge on any atom is 0.268 e. The van der Waals surface area contributed by atoms with Crippen LogP contribution in [0.5, 0.6) is 5.75 Å². The first-order valence-corrected chi connectivity index (χ1v) is 8.53. The van der Waals surface area contributed by atoms with Gasteiger partial charge in [0.05, 0.1) is 10.4 Å². The first kappa shape index (κ1) is 13.3. The van der Waals surface area contributed by atoms with E-state index in [1.165, 1.54) is 4.88 Å². The van der Waals surface area contributed by atoms with Crippen molar-refractivity contribution < 1.29 is 9.26 Å². The molecule has 0 unspecified atom stereocenters. The van der Waals surface area contributed by atoms with Gasteiger partial charge in [0.1, 0.15) is 12.4 Å². The third-order valence-electron chi connectivity index (χ3n) is 4.65. The van der Waals surface area contributed by atoms with Crippen molar-refractivity contribution in [1.82, 2.24) is 10.1 Å². The van der Waals surface area contributed by atoms with Gasteiger partial charge in [-0.3, -0.25) is 0 Å². The topological polar surface area (TPSA) is 74.2 Å². The van der Waals surface area contributed by atoms with Crippen LogP contribution in [0.2, 0.25) is 0 Å². The molecule has 1 saturated carbocycles. The Morgan fingerprint density at radius 3 is 2.91 bits per heavy atom. The molecule has 6 heteroatoms. The van der Waals surface area contributed by atoms with Gasteiger partial charge in [-0.25, -0.2) is 0 Å². The molecule has 0 bridgehead atoms. The van der Waals surface area contributed by atoms with E-state index in [0.29, 0.717) is 18.3 Å². The van der Waals surface area contributed by atoms with Crippen molar-refractivity contribution in [3.63, 3.8) is 0 Å². The van der Waals surface area contributed by atoms with Gasteiger partial charge < -0.3 is 15.0 Å². The van der Waals surface area contributed by atoms with Crippen molar-refractivity contribution in [3.8, 4) is 27.0 Å². The SMILES string of the molecule is NC1(c2noc(-c3cc4c(s3)-c3ccccc3OC4)n2)CCC1. The Hall–Kier alpha value is -2.18. The standard InChI is InChI=1S/C17H15N3O2S/c18-17(6-3-7-17)16-19-15(22-20-16)13-8-10-9-21-12-5-2-1-4-11(12)14(10)23-13/h1-2,4-5,8H,3,6-7,9,18H2. The number of rotatable bonds is 2. The normalized spacial score (nSPS) is 17.8. The first-order chi connectivity index (χ1) is 11.2. The average Bonchev–Trinajstić information content (AvgIpc) is 3.19. The fraction of sp³-hybridized carbons (Fsp3) is 0.294. The zero-order valence-electron chi connectivity index (χ0n) is 12.4. The second-order valence-corrected chi connectivity index (χ2v) is 7.23. The molecule has 0 saturated heterocycles. The number of aromatic nitrogens is 2. The van der Waals surface area contributed by atoms with Crippen molar-refractivity contribution in [2.24, 2.45) is 5.73 Å². The number of ether oxygens (including phenoxy) is 1. The average molecular weight is 325 g/mol. The third-order valence-corrected chi connectivity index (χ3v) is 5.85. The van der Waals surface area contributed by atoms with Crippen LogP contribution in [0.25, 0.3) is 21.2 Å². The Labute approximate surface area is 137 Å². The maximum atomic E-state index is 6.27. The number of hydrogen-bond donors (Lipinski definition) is 1. The van der Waals surface area contributed by atoms with Gasteiger partial charge in [-0.05, 0) is 37.5 Å². The highest BCUT2D eigenvalue weighted by atomic mass is 32.1. The molecule has 0 atom stereocenters. The summed E-state index contributed by atoms with van der Waals surface area (Å²) in [5.41, 5.74) is 8.17. The molecule has 5 nitrogen and oxygen atoms in total. The third kappa shape index (κ3) is 1.95. The van der Waals surface area contributed by atoms with Gasteiger partial charge in [0.15, 0.2) is 5.82 Å². The highest BCUT2D eigenvalue weighted by molar-refractivity contribution is 7.19. The Kier molecular flexibility index (Phi) is 2.69. The van der Waals surface area contributed by atoms with Crippen molar-refractivity contribution in [2.75, 3.05) is 0 Å².